The molecule has 3 heterocycles. The van der Waals surface area contributed by atoms with E-state index in [0.29, 0.717) is 32.9 Å². The van der Waals surface area contributed by atoms with E-state index in [4.69, 9.17) is 21.1 Å². The van der Waals surface area contributed by atoms with Gasteiger partial charge < -0.3 is 14.4 Å². The normalized spacial score (nSPS) is 21.0. The number of amides is 1. The summed E-state index contributed by atoms with van der Waals surface area (Å²) in [7, 11) is 0. The first-order valence-corrected chi connectivity index (χ1v) is 7.79. The van der Waals surface area contributed by atoms with E-state index in [-0.39, 0.29) is 17.4 Å². The quantitative estimate of drug-likeness (QED) is 0.772. The largest absolute Gasteiger partial charge is 0.450 e. The number of aromatic nitrogens is 2. The van der Waals surface area contributed by atoms with Gasteiger partial charge in [-0.2, -0.15) is 0 Å². The van der Waals surface area contributed by atoms with Crippen LogP contribution in [-0.2, 0) is 22.6 Å². The molecule has 0 bridgehead atoms. The van der Waals surface area contributed by atoms with E-state index >= 15 is 0 Å². The topological polar surface area (TPSA) is 67.8 Å². The van der Waals surface area contributed by atoms with Gasteiger partial charge in [0.1, 0.15) is 5.82 Å². The van der Waals surface area contributed by atoms with E-state index in [2.05, 4.69) is 21.8 Å². The molecule has 120 valence electrons. The second kappa shape index (κ2) is 6.26. The third kappa shape index (κ3) is 2.83. The molecule has 0 saturated carbocycles. The number of ether oxygens (including phenoxy) is 2. The first-order chi connectivity index (χ1) is 10.6. The average molecular weight is 327 g/mol. The summed E-state index contributed by atoms with van der Waals surface area (Å²) in [5.74, 6) is 0.803. The average Bonchev–Trinajstić information content (AvgIpc) is 2.91. The molecule has 1 aromatic heterocycles. The lowest BCUT2D eigenvalue weighted by molar-refractivity contribution is 0.0980. The van der Waals surface area contributed by atoms with Crippen LogP contribution in [0.5, 0.6) is 0 Å². The molecule has 0 radical (unpaired) electrons. The van der Waals surface area contributed by atoms with Crippen LogP contribution >= 0.6 is 11.6 Å². The SMILES string of the molecule is CCOC(=O)N1Cc2nc(Cl)nc(N3CCOCC3C)c2C1. The zero-order valence-electron chi connectivity index (χ0n) is 12.7. The molecular weight excluding hydrogens is 308 g/mol. The second-order valence-corrected chi connectivity index (χ2v) is 5.75. The van der Waals surface area contributed by atoms with Crippen molar-refractivity contribution in [1.29, 1.82) is 0 Å². The lowest BCUT2D eigenvalue weighted by atomic mass is 10.2. The summed E-state index contributed by atoms with van der Waals surface area (Å²) >= 11 is 6.07. The van der Waals surface area contributed by atoms with Gasteiger partial charge in [0.05, 0.1) is 44.6 Å². The highest BCUT2D eigenvalue weighted by molar-refractivity contribution is 6.28. The standard InChI is InChI=1S/C14H19ClN4O3/c1-3-22-14(20)18-6-10-11(7-18)16-13(15)17-12(10)19-4-5-21-8-9(19)2/h9H,3-8H2,1-2H3. The molecule has 0 aromatic carbocycles. The van der Waals surface area contributed by atoms with Crippen molar-refractivity contribution in [2.45, 2.75) is 33.0 Å². The molecule has 0 N–H and O–H groups in total. The van der Waals surface area contributed by atoms with Gasteiger partial charge in [-0.3, -0.25) is 4.90 Å². The molecule has 8 heteroatoms. The Kier molecular flexibility index (Phi) is 4.35. The van der Waals surface area contributed by atoms with E-state index in [1.54, 1.807) is 11.8 Å². The number of rotatable bonds is 2. The zero-order valence-corrected chi connectivity index (χ0v) is 13.5. The van der Waals surface area contributed by atoms with Gasteiger partial charge in [0, 0.05) is 12.1 Å². The molecular formula is C14H19ClN4O3. The molecule has 1 unspecified atom stereocenters. The van der Waals surface area contributed by atoms with Gasteiger partial charge in [-0.15, -0.1) is 0 Å². The Morgan fingerprint density at radius 2 is 2.27 bits per heavy atom. The van der Waals surface area contributed by atoms with Gasteiger partial charge in [0.25, 0.3) is 0 Å². The van der Waals surface area contributed by atoms with Crippen LogP contribution in [0.4, 0.5) is 10.6 Å². The summed E-state index contributed by atoms with van der Waals surface area (Å²) in [5, 5.41) is 0.207. The number of hydrogen-bond donors (Lipinski definition) is 0. The van der Waals surface area contributed by atoms with Crippen LogP contribution in [-0.4, -0.2) is 53.4 Å². The maximum Gasteiger partial charge on any atom is 0.410 e. The number of anilines is 1. The van der Waals surface area contributed by atoms with Crippen molar-refractivity contribution < 1.29 is 14.3 Å². The summed E-state index contributed by atoms with van der Waals surface area (Å²) in [6.45, 7) is 7.14. The predicted octanol–water partition coefficient (Wildman–Crippen LogP) is 1.83. The van der Waals surface area contributed by atoms with Crippen LogP contribution in [0.25, 0.3) is 0 Å². The number of nitrogens with zero attached hydrogens (tertiary/aromatic N) is 4. The maximum absolute atomic E-state index is 11.9. The van der Waals surface area contributed by atoms with Crippen molar-refractivity contribution >= 4 is 23.5 Å². The second-order valence-electron chi connectivity index (χ2n) is 5.41. The van der Waals surface area contributed by atoms with E-state index < -0.39 is 0 Å². The molecule has 22 heavy (non-hydrogen) atoms. The number of hydrogen-bond acceptors (Lipinski definition) is 6. The van der Waals surface area contributed by atoms with Crippen molar-refractivity contribution in [2.75, 3.05) is 31.3 Å². The first kappa shape index (κ1) is 15.3. The van der Waals surface area contributed by atoms with Crippen LogP contribution in [0.2, 0.25) is 5.28 Å². The Labute approximate surface area is 134 Å². The minimum Gasteiger partial charge on any atom is -0.450 e. The van der Waals surface area contributed by atoms with E-state index in [1.165, 1.54) is 0 Å². The number of carbonyl (C=O) groups is 1. The Bertz CT molecular complexity index is 583. The fraction of sp³-hybridized carbons (Fsp3) is 0.643. The van der Waals surface area contributed by atoms with Gasteiger partial charge in [0.2, 0.25) is 5.28 Å². The van der Waals surface area contributed by atoms with Crippen molar-refractivity contribution in [3.05, 3.63) is 16.5 Å². The number of halogens is 1. The molecule has 1 atom stereocenters. The monoisotopic (exact) mass is 326 g/mol. The molecule has 0 aliphatic carbocycles. The van der Waals surface area contributed by atoms with Gasteiger partial charge in [-0.05, 0) is 25.4 Å². The Morgan fingerprint density at radius 1 is 1.45 bits per heavy atom. The fourth-order valence-electron chi connectivity index (χ4n) is 2.83. The maximum atomic E-state index is 11.9. The Balaban J connectivity index is 1.90. The fourth-order valence-corrected chi connectivity index (χ4v) is 3.01. The van der Waals surface area contributed by atoms with Crippen molar-refractivity contribution in [1.82, 2.24) is 14.9 Å². The molecule has 1 saturated heterocycles. The van der Waals surface area contributed by atoms with Crippen LogP contribution in [0.15, 0.2) is 0 Å². The van der Waals surface area contributed by atoms with Crippen molar-refractivity contribution in [3.8, 4) is 0 Å². The summed E-state index contributed by atoms with van der Waals surface area (Å²) in [6, 6.07) is 0.209. The summed E-state index contributed by atoms with van der Waals surface area (Å²) < 4.78 is 10.5. The molecule has 0 spiro atoms. The minimum absolute atomic E-state index is 0.207. The van der Waals surface area contributed by atoms with Crippen LogP contribution in [0, 0.1) is 0 Å². The number of carbonyl (C=O) groups excluding carboxylic acids is 1. The van der Waals surface area contributed by atoms with Crippen molar-refractivity contribution in [3.63, 3.8) is 0 Å². The lowest BCUT2D eigenvalue weighted by Gasteiger charge is -2.35. The molecule has 1 fully saturated rings. The predicted molar refractivity (Wildman–Crippen MR) is 80.9 cm³/mol. The van der Waals surface area contributed by atoms with Gasteiger partial charge in [-0.25, -0.2) is 14.8 Å². The van der Waals surface area contributed by atoms with Crippen LogP contribution in [0.1, 0.15) is 25.1 Å². The first-order valence-electron chi connectivity index (χ1n) is 7.41. The summed E-state index contributed by atoms with van der Waals surface area (Å²) in [5.41, 5.74) is 1.74. The van der Waals surface area contributed by atoms with Crippen LogP contribution in [0.3, 0.4) is 0 Å². The Hall–Kier alpha value is -1.60. The van der Waals surface area contributed by atoms with Crippen LogP contribution < -0.4 is 4.90 Å². The van der Waals surface area contributed by atoms with Crippen molar-refractivity contribution in [2.24, 2.45) is 0 Å². The molecule has 7 nitrogen and oxygen atoms in total. The molecule has 2 aliphatic heterocycles. The van der Waals surface area contributed by atoms with Gasteiger partial charge in [0.15, 0.2) is 0 Å². The molecule has 3 rings (SSSR count). The highest BCUT2D eigenvalue weighted by Crippen LogP contribution is 2.32. The summed E-state index contributed by atoms with van der Waals surface area (Å²) in [4.78, 5) is 24.4. The van der Waals surface area contributed by atoms with Gasteiger partial charge in [-0.1, -0.05) is 0 Å². The highest BCUT2D eigenvalue weighted by Gasteiger charge is 2.32. The smallest absolute Gasteiger partial charge is 0.410 e. The lowest BCUT2D eigenvalue weighted by Crippen LogP contribution is -2.44. The molecule has 1 amide bonds. The molecule has 2 aliphatic rings. The zero-order chi connectivity index (χ0) is 15.7. The Morgan fingerprint density at radius 3 is 3.00 bits per heavy atom. The van der Waals surface area contributed by atoms with Gasteiger partial charge >= 0.3 is 6.09 Å². The third-order valence-electron chi connectivity index (χ3n) is 3.90. The number of fused-ring (bicyclic) bond motifs is 1. The third-order valence-corrected chi connectivity index (χ3v) is 4.07. The minimum atomic E-state index is -0.336. The van der Waals surface area contributed by atoms with E-state index in [9.17, 15) is 4.79 Å². The summed E-state index contributed by atoms with van der Waals surface area (Å²) in [6.07, 6.45) is -0.336. The highest BCUT2D eigenvalue weighted by atomic mass is 35.5. The molecule has 1 aromatic rings. The number of morpholine rings is 1. The van der Waals surface area contributed by atoms with E-state index in [0.717, 1.165) is 23.6 Å². The van der Waals surface area contributed by atoms with E-state index in [1.807, 2.05) is 0 Å².